The molecule has 0 radical (unpaired) electrons. The molecule has 0 fully saturated rings. The molecular formula is C13H14BrN3O. The summed E-state index contributed by atoms with van der Waals surface area (Å²) in [7, 11) is 0. The van der Waals surface area contributed by atoms with Gasteiger partial charge in [-0.3, -0.25) is 0 Å². The van der Waals surface area contributed by atoms with Crippen molar-refractivity contribution < 1.29 is 5.11 Å². The maximum Gasteiger partial charge on any atom is 0.141 e. The average molecular weight is 308 g/mol. The highest BCUT2D eigenvalue weighted by atomic mass is 79.9. The zero-order valence-electron chi connectivity index (χ0n) is 9.81. The number of rotatable bonds is 1. The average Bonchev–Trinajstić information content (AvgIpc) is 2.68. The van der Waals surface area contributed by atoms with E-state index in [9.17, 15) is 5.11 Å². The Morgan fingerprint density at radius 3 is 3.06 bits per heavy atom. The minimum atomic E-state index is 0.0340. The molecule has 1 aliphatic heterocycles. The van der Waals surface area contributed by atoms with Gasteiger partial charge in [-0.05, 0) is 40.9 Å². The smallest absolute Gasteiger partial charge is 0.141 e. The maximum atomic E-state index is 9.56. The van der Waals surface area contributed by atoms with Gasteiger partial charge in [-0.15, -0.1) is 0 Å². The molecule has 0 aliphatic carbocycles. The molecule has 3 N–H and O–H groups in total. The molecule has 0 bridgehead atoms. The van der Waals surface area contributed by atoms with E-state index >= 15 is 0 Å². The van der Waals surface area contributed by atoms with Gasteiger partial charge in [-0.1, -0.05) is 12.1 Å². The van der Waals surface area contributed by atoms with Gasteiger partial charge in [0.2, 0.25) is 0 Å². The minimum Gasteiger partial charge on any atom is -0.508 e. The van der Waals surface area contributed by atoms with Gasteiger partial charge in [0.05, 0.1) is 5.69 Å². The van der Waals surface area contributed by atoms with E-state index in [-0.39, 0.29) is 11.8 Å². The molecular weight excluding hydrogens is 294 g/mol. The summed E-state index contributed by atoms with van der Waals surface area (Å²) < 4.78 is 2.96. The van der Waals surface area contributed by atoms with Crippen LogP contribution in [-0.4, -0.2) is 14.7 Å². The summed E-state index contributed by atoms with van der Waals surface area (Å²) in [5.41, 5.74) is 8.10. The zero-order chi connectivity index (χ0) is 12.7. The Bertz CT molecular complexity index is 594. The van der Waals surface area contributed by atoms with Gasteiger partial charge in [0.15, 0.2) is 0 Å². The second-order valence-electron chi connectivity index (χ2n) is 4.56. The summed E-state index contributed by atoms with van der Waals surface area (Å²) in [4.78, 5) is 4.54. The maximum absolute atomic E-state index is 9.56. The van der Waals surface area contributed by atoms with Gasteiger partial charge in [0, 0.05) is 18.2 Å². The Labute approximate surface area is 114 Å². The zero-order valence-corrected chi connectivity index (χ0v) is 11.4. The topological polar surface area (TPSA) is 64.1 Å². The third kappa shape index (κ3) is 1.83. The highest BCUT2D eigenvalue weighted by molar-refractivity contribution is 9.10. The lowest BCUT2D eigenvalue weighted by Gasteiger charge is -2.22. The number of hydrogen-bond donors (Lipinski definition) is 2. The van der Waals surface area contributed by atoms with E-state index in [1.165, 1.54) is 0 Å². The second-order valence-corrected chi connectivity index (χ2v) is 5.31. The molecule has 0 saturated carbocycles. The summed E-state index contributed by atoms with van der Waals surface area (Å²) in [6, 6.07) is 7.18. The molecule has 18 heavy (non-hydrogen) atoms. The first kappa shape index (κ1) is 11.7. The van der Waals surface area contributed by atoms with Crippen LogP contribution in [0.1, 0.15) is 24.6 Å². The van der Waals surface area contributed by atoms with Crippen molar-refractivity contribution >= 4 is 15.9 Å². The molecule has 5 heteroatoms. The van der Waals surface area contributed by atoms with Gasteiger partial charge in [-0.2, -0.15) is 0 Å². The van der Waals surface area contributed by atoms with Crippen LogP contribution in [0.5, 0.6) is 5.75 Å². The first-order valence-corrected chi connectivity index (χ1v) is 6.77. The third-order valence-corrected chi connectivity index (χ3v) is 3.90. The van der Waals surface area contributed by atoms with Gasteiger partial charge in [0.1, 0.15) is 16.2 Å². The minimum absolute atomic E-state index is 0.0340. The number of fused-ring (bicyclic) bond motifs is 1. The number of benzene rings is 1. The fraction of sp³-hybridized carbons (Fsp3) is 0.308. The van der Waals surface area contributed by atoms with Crippen LogP contribution in [0.2, 0.25) is 0 Å². The van der Waals surface area contributed by atoms with Crippen molar-refractivity contribution in [3.63, 3.8) is 0 Å². The van der Waals surface area contributed by atoms with Crippen molar-refractivity contribution in [2.45, 2.75) is 25.4 Å². The summed E-state index contributed by atoms with van der Waals surface area (Å²) in [5.74, 6) is 1.11. The molecule has 94 valence electrons. The van der Waals surface area contributed by atoms with E-state index in [4.69, 9.17) is 5.73 Å². The van der Waals surface area contributed by atoms with Crippen LogP contribution in [0.3, 0.4) is 0 Å². The monoisotopic (exact) mass is 307 g/mol. The Kier molecular flexibility index (Phi) is 2.87. The van der Waals surface area contributed by atoms with Crippen molar-refractivity contribution in [1.29, 1.82) is 0 Å². The first-order chi connectivity index (χ1) is 8.66. The molecule has 1 unspecified atom stereocenters. The highest BCUT2D eigenvalue weighted by Gasteiger charge is 2.24. The normalized spacial score (nSPS) is 18.7. The Morgan fingerprint density at radius 2 is 2.28 bits per heavy atom. The first-order valence-electron chi connectivity index (χ1n) is 5.97. The fourth-order valence-corrected chi connectivity index (χ4v) is 3.16. The predicted molar refractivity (Wildman–Crippen MR) is 73.2 cm³/mol. The summed E-state index contributed by atoms with van der Waals surface area (Å²) in [6.07, 6.45) is 2.05. The molecule has 0 spiro atoms. The number of nitrogens with zero attached hydrogens (tertiary/aromatic N) is 2. The molecule has 1 aliphatic rings. The van der Waals surface area contributed by atoms with Crippen LogP contribution in [-0.2, 0) is 6.54 Å². The van der Waals surface area contributed by atoms with Gasteiger partial charge < -0.3 is 15.4 Å². The Hall–Kier alpha value is -1.33. The molecule has 2 aromatic rings. The summed E-state index contributed by atoms with van der Waals surface area (Å²) in [5, 5.41) is 9.56. The van der Waals surface area contributed by atoms with Crippen LogP contribution in [0.15, 0.2) is 28.9 Å². The molecule has 1 aromatic carbocycles. The predicted octanol–water partition coefficient (Wildman–Crippen LogP) is 2.81. The largest absolute Gasteiger partial charge is 0.508 e. The van der Waals surface area contributed by atoms with E-state index in [2.05, 4.69) is 25.5 Å². The third-order valence-electron chi connectivity index (χ3n) is 3.31. The SMILES string of the molecule is NC1CCCn2c(-c3cccc(O)c3)nc(Br)c21. The van der Waals surface area contributed by atoms with Crippen LogP contribution in [0, 0.1) is 0 Å². The van der Waals surface area contributed by atoms with E-state index in [0.717, 1.165) is 41.1 Å². The van der Waals surface area contributed by atoms with Gasteiger partial charge in [-0.25, -0.2) is 4.98 Å². The van der Waals surface area contributed by atoms with Crippen molar-refractivity contribution in [3.05, 3.63) is 34.6 Å². The summed E-state index contributed by atoms with van der Waals surface area (Å²) in [6.45, 7) is 0.923. The quantitative estimate of drug-likeness (QED) is 0.851. The van der Waals surface area contributed by atoms with Gasteiger partial charge in [0.25, 0.3) is 0 Å². The number of imidazole rings is 1. The number of phenols is 1. The number of aromatic hydroxyl groups is 1. The van der Waals surface area contributed by atoms with Crippen LogP contribution in [0.4, 0.5) is 0 Å². The Morgan fingerprint density at radius 1 is 1.44 bits per heavy atom. The number of nitrogens with two attached hydrogens (primary N) is 1. The Balaban J connectivity index is 2.16. The molecule has 4 nitrogen and oxygen atoms in total. The van der Waals surface area contributed by atoms with Gasteiger partial charge >= 0.3 is 0 Å². The fourth-order valence-electron chi connectivity index (χ4n) is 2.49. The standard InChI is InChI=1S/C13H14BrN3O/c14-12-11-10(15)5-2-6-17(11)13(16-12)8-3-1-4-9(18)7-8/h1,3-4,7,10,18H,2,5-6,15H2. The van der Waals surface area contributed by atoms with Crippen LogP contribution >= 0.6 is 15.9 Å². The number of aromatic nitrogens is 2. The van der Waals surface area contributed by atoms with Crippen molar-refractivity contribution in [3.8, 4) is 17.1 Å². The highest BCUT2D eigenvalue weighted by Crippen LogP contribution is 2.34. The molecule has 0 amide bonds. The van der Waals surface area contributed by atoms with E-state index < -0.39 is 0 Å². The second kappa shape index (κ2) is 4.40. The molecule has 0 saturated heterocycles. The van der Waals surface area contributed by atoms with E-state index in [1.807, 2.05) is 12.1 Å². The number of phenolic OH excluding ortho intramolecular Hbond substituents is 1. The van der Waals surface area contributed by atoms with E-state index in [0.29, 0.717) is 0 Å². The molecule has 2 heterocycles. The lowest BCUT2D eigenvalue weighted by molar-refractivity contribution is 0.463. The van der Waals surface area contributed by atoms with E-state index in [1.54, 1.807) is 12.1 Å². The summed E-state index contributed by atoms with van der Waals surface area (Å²) >= 11 is 3.48. The van der Waals surface area contributed by atoms with Crippen molar-refractivity contribution in [2.24, 2.45) is 5.73 Å². The lowest BCUT2D eigenvalue weighted by atomic mass is 10.1. The van der Waals surface area contributed by atoms with Crippen molar-refractivity contribution in [2.75, 3.05) is 0 Å². The van der Waals surface area contributed by atoms with Crippen LogP contribution < -0.4 is 5.73 Å². The molecule has 1 atom stereocenters. The molecule has 3 rings (SSSR count). The lowest BCUT2D eigenvalue weighted by Crippen LogP contribution is -2.22. The number of hydrogen-bond acceptors (Lipinski definition) is 3. The van der Waals surface area contributed by atoms with Crippen LogP contribution in [0.25, 0.3) is 11.4 Å². The van der Waals surface area contributed by atoms with Crippen molar-refractivity contribution in [1.82, 2.24) is 9.55 Å². The molecule has 1 aromatic heterocycles. The number of halogens is 1.